The fourth-order valence-corrected chi connectivity index (χ4v) is 5.07. The van der Waals surface area contributed by atoms with Crippen LogP contribution in [0.2, 0.25) is 0 Å². The second-order valence-electron chi connectivity index (χ2n) is 9.62. The number of ether oxygens (including phenoxy) is 2. The summed E-state index contributed by atoms with van der Waals surface area (Å²) in [5.41, 5.74) is 3.29. The zero-order valence-electron chi connectivity index (χ0n) is 22.5. The SMILES string of the molecule is CC.Cc1oc2cc(Oc3ccnn4cc(C(=O)N5CCC5C)c(C)c34)ccc2c1C(=O)NC1CCOC1. The molecule has 0 aliphatic carbocycles. The van der Waals surface area contributed by atoms with Crippen molar-refractivity contribution >= 4 is 28.3 Å². The Balaban J connectivity index is 0.00000144. The molecule has 0 spiro atoms. The summed E-state index contributed by atoms with van der Waals surface area (Å²) in [5, 5.41) is 8.15. The van der Waals surface area contributed by atoms with Gasteiger partial charge in [0.15, 0.2) is 5.75 Å². The standard InChI is InChI=1S/C27H28N4O5.C2H6/c1-15-7-10-30(15)27(33)21-13-31-25(16(21)2)22(6-9-28-31)36-19-4-5-20-23(12-19)35-17(3)24(20)26(32)29-18-8-11-34-14-18;1-2/h4-6,9,12-13,15,18H,7-8,10-11,14H2,1-3H3,(H,29,32);1-2H3. The molecule has 2 amide bonds. The highest BCUT2D eigenvalue weighted by Gasteiger charge is 2.31. The van der Waals surface area contributed by atoms with Gasteiger partial charge in [0, 0.05) is 42.9 Å². The first-order chi connectivity index (χ1) is 18.4. The maximum Gasteiger partial charge on any atom is 0.256 e. The highest BCUT2D eigenvalue weighted by molar-refractivity contribution is 6.07. The van der Waals surface area contributed by atoms with Crippen LogP contribution in [-0.2, 0) is 4.74 Å². The van der Waals surface area contributed by atoms with Crippen molar-refractivity contribution in [2.75, 3.05) is 19.8 Å². The molecule has 2 saturated heterocycles. The van der Waals surface area contributed by atoms with Crippen molar-refractivity contribution in [2.45, 2.75) is 59.5 Å². The Bertz CT molecular complexity index is 1500. The van der Waals surface area contributed by atoms with Crippen molar-refractivity contribution in [1.82, 2.24) is 19.8 Å². The van der Waals surface area contributed by atoms with Crippen molar-refractivity contribution in [3.05, 3.63) is 59.1 Å². The number of carbonyl (C=O) groups is 2. The van der Waals surface area contributed by atoms with Crippen LogP contribution < -0.4 is 10.1 Å². The van der Waals surface area contributed by atoms with Crippen LogP contribution in [-0.4, -0.2) is 58.2 Å². The van der Waals surface area contributed by atoms with Crippen LogP contribution in [0.3, 0.4) is 0 Å². The Labute approximate surface area is 221 Å². The molecular formula is C29H34N4O5. The van der Waals surface area contributed by atoms with E-state index in [4.69, 9.17) is 13.9 Å². The number of fused-ring (bicyclic) bond motifs is 2. The predicted octanol–water partition coefficient (Wildman–Crippen LogP) is 5.27. The topological polar surface area (TPSA) is 98.3 Å². The van der Waals surface area contributed by atoms with E-state index in [1.54, 1.807) is 36.0 Å². The summed E-state index contributed by atoms with van der Waals surface area (Å²) in [6, 6.07) is 7.49. The molecule has 0 radical (unpaired) electrons. The lowest BCUT2D eigenvalue weighted by Gasteiger charge is -2.38. The van der Waals surface area contributed by atoms with E-state index >= 15 is 0 Å². The van der Waals surface area contributed by atoms with Gasteiger partial charge in [-0.25, -0.2) is 4.52 Å². The molecule has 0 bridgehead atoms. The first-order valence-electron chi connectivity index (χ1n) is 13.3. The summed E-state index contributed by atoms with van der Waals surface area (Å²) in [6.07, 6.45) is 5.25. The number of hydrogen-bond acceptors (Lipinski definition) is 6. The Morgan fingerprint density at radius 2 is 1.97 bits per heavy atom. The average Bonchev–Trinajstić information content (AvgIpc) is 3.61. The summed E-state index contributed by atoms with van der Waals surface area (Å²) >= 11 is 0. The first-order valence-corrected chi connectivity index (χ1v) is 13.3. The summed E-state index contributed by atoms with van der Waals surface area (Å²) in [4.78, 5) is 27.8. The van der Waals surface area contributed by atoms with Crippen LogP contribution in [0.1, 0.15) is 65.7 Å². The number of aromatic nitrogens is 2. The van der Waals surface area contributed by atoms with Crippen molar-refractivity contribution < 1.29 is 23.5 Å². The molecule has 2 unspecified atom stereocenters. The third kappa shape index (κ3) is 4.51. The van der Waals surface area contributed by atoms with Crippen molar-refractivity contribution in [3.8, 4) is 11.5 Å². The lowest BCUT2D eigenvalue weighted by Crippen LogP contribution is -2.49. The average molecular weight is 519 g/mol. The molecule has 2 atom stereocenters. The highest BCUT2D eigenvalue weighted by Crippen LogP contribution is 2.34. The van der Waals surface area contributed by atoms with Crippen molar-refractivity contribution in [2.24, 2.45) is 0 Å². The van der Waals surface area contributed by atoms with Crippen LogP contribution in [0.4, 0.5) is 0 Å². The molecule has 200 valence electrons. The lowest BCUT2D eigenvalue weighted by molar-refractivity contribution is 0.0501. The number of nitrogens with zero attached hydrogens (tertiary/aromatic N) is 3. The summed E-state index contributed by atoms with van der Waals surface area (Å²) in [7, 11) is 0. The third-order valence-electron chi connectivity index (χ3n) is 7.26. The molecular weight excluding hydrogens is 484 g/mol. The molecule has 38 heavy (non-hydrogen) atoms. The van der Waals surface area contributed by atoms with E-state index in [9.17, 15) is 9.59 Å². The number of rotatable bonds is 5. The number of nitrogens with one attached hydrogen (secondary N) is 1. The minimum Gasteiger partial charge on any atom is -0.460 e. The van der Waals surface area contributed by atoms with Crippen LogP contribution in [0, 0.1) is 13.8 Å². The fourth-order valence-electron chi connectivity index (χ4n) is 5.07. The zero-order valence-corrected chi connectivity index (χ0v) is 22.5. The number of benzene rings is 1. The number of amides is 2. The second kappa shape index (κ2) is 10.5. The fraction of sp³-hybridized carbons (Fsp3) is 0.414. The largest absolute Gasteiger partial charge is 0.460 e. The third-order valence-corrected chi connectivity index (χ3v) is 7.26. The van der Waals surface area contributed by atoms with Crippen molar-refractivity contribution in [3.63, 3.8) is 0 Å². The molecule has 4 aromatic rings. The quantitative estimate of drug-likeness (QED) is 0.387. The van der Waals surface area contributed by atoms with Gasteiger partial charge in [-0.3, -0.25) is 9.59 Å². The lowest BCUT2D eigenvalue weighted by atomic mass is 10.0. The van der Waals surface area contributed by atoms with Crippen LogP contribution in [0.15, 0.2) is 41.1 Å². The van der Waals surface area contributed by atoms with Gasteiger partial charge in [-0.1, -0.05) is 13.8 Å². The minimum absolute atomic E-state index is 0.0184. The molecule has 9 heteroatoms. The summed E-state index contributed by atoms with van der Waals surface area (Å²) < 4.78 is 19.2. The first kappa shape index (κ1) is 25.8. The molecule has 5 heterocycles. The van der Waals surface area contributed by atoms with Gasteiger partial charge in [-0.05, 0) is 51.3 Å². The van der Waals surface area contributed by atoms with E-state index in [1.807, 2.05) is 37.8 Å². The Kier molecular flexibility index (Phi) is 7.12. The van der Waals surface area contributed by atoms with Gasteiger partial charge in [0.25, 0.3) is 11.8 Å². The van der Waals surface area contributed by atoms with Crippen LogP contribution >= 0.6 is 0 Å². The van der Waals surface area contributed by atoms with Crippen LogP contribution in [0.25, 0.3) is 16.5 Å². The number of likely N-dealkylation sites (tertiary alicyclic amines) is 1. The van der Waals surface area contributed by atoms with Gasteiger partial charge in [0.05, 0.1) is 30.0 Å². The maximum absolute atomic E-state index is 13.0. The number of aryl methyl sites for hydroxylation is 2. The van der Waals surface area contributed by atoms with Gasteiger partial charge < -0.3 is 24.1 Å². The predicted molar refractivity (Wildman–Crippen MR) is 144 cm³/mol. The zero-order chi connectivity index (χ0) is 27.0. The molecule has 2 fully saturated rings. The number of hydrogen-bond donors (Lipinski definition) is 1. The van der Waals surface area contributed by atoms with Crippen LogP contribution in [0.5, 0.6) is 11.5 Å². The summed E-state index contributed by atoms with van der Waals surface area (Å²) in [5.74, 6) is 1.55. The van der Waals surface area contributed by atoms with E-state index in [0.717, 1.165) is 35.9 Å². The normalized spacial score (nSPS) is 18.7. The van der Waals surface area contributed by atoms with Gasteiger partial charge in [-0.2, -0.15) is 5.10 Å². The van der Waals surface area contributed by atoms with Crippen molar-refractivity contribution in [1.29, 1.82) is 0 Å². The van der Waals surface area contributed by atoms with E-state index in [1.165, 1.54) is 0 Å². The molecule has 1 aromatic carbocycles. The van der Waals surface area contributed by atoms with Gasteiger partial charge in [0.1, 0.15) is 22.6 Å². The molecule has 2 aliphatic rings. The molecule has 6 rings (SSSR count). The highest BCUT2D eigenvalue weighted by atomic mass is 16.5. The van der Waals surface area contributed by atoms with Gasteiger partial charge in [-0.15, -0.1) is 0 Å². The monoisotopic (exact) mass is 518 g/mol. The van der Waals surface area contributed by atoms with Gasteiger partial charge >= 0.3 is 0 Å². The number of carbonyl (C=O) groups excluding carboxylic acids is 2. The molecule has 9 nitrogen and oxygen atoms in total. The van der Waals surface area contributed by atoms with E-state index in [2.05, 4.69) is 17.3 Å². The maximum atomic E-state index is 13.0. The Morgan fingerprint density at radius 1 is 1.16 bits per heavy atom. The number of furan rings is 1. The van der Waals surface area contributed by atoms with E-state index in [0.29, 0.717) is 47.2 Å². The Morgan fingerprint density at radius 3 is 2.66 bits per heavy atom. The molecule has 2 aliphatic heterocycles. The smallest absolute Gasteiger partial charge is 0.256 e. The van der Waals surface area contributed by atoms with Gasteiger partial charge in [0.2, 0.25) is 0 Å². The summed E-state index contributed by atoms with van der Waals surface area (Å²) in [6.45, 7) is 11.7. The van der Waals surface area contributed by atoms with E-state index < -0.39 is 0 Å². The Hall–Kier alpha value is -3.85. The molecule has 3 aromatic heterocycles. The second-order valence-corrected chi connectivity index (χ2v) is 9.62. The molecule has 1 N–H and O–H groups in total. The minimum atomic E-state index is -0.163. The van der Waals surface area contributed by atoms with E-state index in [-0.39, 0.29) is 23.9 Å². The molecule has 0 saturated carbocycles.